The van der Waals surface area contributed by atoms with Crippen LogP contribution in [0.2, 0.25) is 0 Å². The van der Waals surface area contributed by atoms with E-state index in [0.29, 0.717) is 0 Å². The maximum atomic E-state index is 4.20. The number of rotatable bonds is 2. The molecule has 0 N–H and O–H groups in total. The van der Waals surface area contributed by atoms with Crippen molar-refractivity contribution in [1.29, 1.82) is 0 Å². The molecule has 6 heteroatoms. The van der Waals surface area contributed by atoms with Crippen molar-refractivity contribution in [2.24, 2.45) is 20.7 Å². The molecule has 24 heavy (non-hydrogen) atoms. The summed E-state index contributed by atoms with van der Waals surface area (Å²) in [5, 5.41) is 18.9. The quantitative estimate of drug-likeness (QED) is 0.611. The summed E-state index contributed by atoms with van der Waals surface area (Å²) in [6.45, 7) is 4.02. The van der Waals surface area contributed by atoms with Crippen LogP contribution < -0.4 is 0 Å². The van der Waals surface area contributed by atoms with Gasteiger partial charge in [-0.2, -0.15) is 0 Å². The predicted molar refractivity (Wildman–Crippen MR) is 95.0 cm³/mol. The van der Waals surface area contributed by atoms with Crippen molar-refractivity contribution in [2.45, 2.75) is 19.5 Å². The van der Waals surface area contributed by atoms with Crippen LogP contribution in [0.3, 0.4) is 0 Å². The highest BCUT2D eigenvalue weighted by atomic mass is 32.1. The normalized spacial score (nSPS) is 14.2. The lowest BCUT2D eigenvalue weighted by Gasteiger charge is -2.20. The maximum Gasteiger partial charge on any atom is 0.245 e. The highest BCUT2D eigenvalue weighted by Gasteiger charge is 2.37. The topological polar surface area (TPSA) is 62.3 Å². The van der Waals surface area contributed by atoms with E-state index in [1.807, 2.05) is 74.5 Å². The summed E-state index contributed by atoms with van der Waals surface area (Å²) in [7, 11) is 0. The molecule has 0 radical (unpaired) electrons. The molecule has 4 rings (SSSR count). The Hall–Kier alpha value is -2.73. The molecule has 0 saturated heterocycles. The first-order valence-electron chi connectivity index (χ1n) is 7.54. The van der Waals surface area contributed by atoms with E-state index in [1.165, 1.54) is 0 Å². The average molecular weight is 335 g/mol. The number of aryl methyl sites for hydroxylation is 2. The van der Waals surface area contributed by atoms with Crippen molar-refractivity contribution in [3.8, 4) is 0 Å². The third-order valence-electron chi connectivity index (χ3n) is 3.51. The molecule has 0 bridgehead atoms. The minimum absolute atomic E-state index is 0.803. The van der Waals surface area contributed by atoms with E-state index < -0.39 is 5.66 Å². The number of benzene rings is 2. The molecule has 2 heterocycles. The predicted octanol–water partition coefficient (Wildman–Crippen LogP) is 5.48. The lowest BCUT2D eigenvalue weighted by molar-refractivity contribution is 0.565. The number of thiazole rings is 1. The Morgan fingerprint density at radius 1 is 0.750 bits per heavy atom. The van der Waals surface area contributed by atoms with Gasteiger partial charge < -0.3 is 0 Å². The van der Waals surface area contributed by atoms with E-state index in [2.05, 4.69) is 31.0 Å². The molecule has 0 atom stereocenters. The van der Waals surface area contributed by atoms with Gasteiger partial charge in [0.2, 0.25) is 5.66 Å². The highest BCUT2D eigenvalue weighted by molar-refractivity contribution is 7.09. The minimum atomic E-state index is -0.803. The second-order valence-corrected chi connectivity index (χ2v) is 6.35. The smallest absolute Gasteiger partial charge is 0.245 e. The number of hydrogen-bond donors (Lipinski definition) is 0. The molecule has 1 aliphatic rings. The molecular formula is C18H17N5S. The second-order valence-electron chi connectivity index (χ2n) is 5.29. The second kappa shape index (κ2) is 7.23. The third kappa shape index (κ3) is 3.44. The number of aromatic nitrogens is 1. The van der Waals surface area contributed by atoms with Crippen LogP contribution in [0.1, 0.15) is 21.8 Å². The molecule has 0 aliphatic carbocycles. The SMILES string of the molecule is Cc1csc(C)n1.c1ccc(C2(c3ccccc3)N=NN=N2)cc1. The van der Waals surface area contributed by atoms with Crippen LogP contribution in [-0.4, -0.2) is 4.98 Å². The van der Waals surface area contributed by atoms with E-state index in [-0.39, 0.29) is 0 Å². The lowest BCUT2D eigenvalue weighted by atomic mass is 9.93. The maximum absolute atomic E-state index is 4.20. The van der Waals surface area contributed by atoms with Crippen LogP contribution in [0, 0.1) is 13.8 Å². The Bertz CT molecular complexity index is 770. The summed E-state index contributed by atoms with van der Waals surface area (Å²) in [5.74, 6) is 0. The van der Waals surface area contributed by atoms with E-state index in [1.54, 1.807) is 11.3 Å². The largest absolute Gasteiger partial charge is 0.247 e. The first-order chi connectivity index (χ1) is 11.7. The fourth-order valence-electron chi connectivity index (χ4n) is 2.40. The molecule has 0 spiro atoms. The van der Waals surface area contributed by atoms with Crippen molar-refractivity contribution >= 4 is 11.3 Å². The van der Waals surface area contributed by atoms with Crippen molar-refractivity contribution in [2.75, 3.05) is 0 Å². The van der Waals surface area contributed by atoms with E-state index in [0.717, 1.165) is 21.8 Å². The van der Waals surface area contributed by atoms with Crippen molar-refractivity contribution < 1.29 is 0 Å². The fraction of sp³-hybridized carbons (Fsp3) is 0.167. The van der Waals surface area contributed by atoms with E-state index in [9.17, 15) is 0 Å². The van der Waals surface area contributed by atoms with Crippen molar-refractivity contribution in [3.05, 3.63) is 87.9 Å². The first kappa shape index (κ1) is 16.1. The summed E-state index contributed by atoms with van der Waals surface area (Å²) >= 11 is 1.69. The first-order valence-corrected chi connectivity index (χ1v) is 8.42. The Morgan fingerprint density at radius 3 is 1.58 bits per heavy atom. The van der Waals surface area contributed by atoms with Gasteiger partial charge in [-0.15, -0.1) is 21.6 Å². The summed E-state index contributed by atoms with van der Waals surface area (Å²) in [4.78, 5) is 4.13. The van der Waals surface area contributed by atoms with Crippen molar-refractivity contribution in [3.63, 3.8) is 0 Å². The number of nitrogens with zero attached hydrogens (tertiary/aromatic N) is 5. The van der Waals surface area contributed by atoms with Gasteiger partial charge in [0.25, 0.3) is 0 Å². The van der Waals surface area contributed by atoms with Crippen LogP contribution >= 0.6 is 11.3 Å². The van der Waals surface area contributed by atoms with Gasteiger partial charge in [-0.05, 0) is 24.3 Å². The van der Waals surface area contributed by atoms with Gasteiger partial charge in [-0.25, -0.2) is 4.98 Å². The summed E-state index contributed by atoms with van der Waals surface area (Å²) in [5.41, 5.74) is 2.26. The Morgan fingerprint density at radius 2 is 1.25 bits per heavy atom. The van der Waals surface area contributed by atoms with Crippen LogP contribution in [0.15, 0.2) is 86.7 Å². The summed E-state index contributed by atoms with van der Waals surface area (Å²) in [6, 6.07) is 19.7. The molecule has 5 nitrogen and oxygen atoms in total. The lowest BCUT2D eigenvalue weighted by Crippen LogP contribution is -2.20. The molecule has 0 amide bonds. The molecule has 0 saturated carbocycles. The summed E-state index contributed by atoms with van der Waals surface area (Å²) in [6.07, 6.45) is 0. The standard InChI is InChI=1S/C13H10N4.C5H7NS/c1-3-7-11(8-4-1)13(14-16-17-15-13)12-9-5-2-6-10-12;1-4-3-7-5(2)6-4/h1-10H;3H,1-2H3. The molecule has 3 aromatic rings. The van der Waals surface area contributed by atoms with Gasteiger partial charge in [0.15, 0.2) is 0 Å². The van der Waals surface area contributed by atoms with Gasteiger partial charge in [-0.1, -0.05) is 60.7 Å². The van der Waals surface area contributed by atoms with Gasteiger partial charge >= 0.3 is 0 Å². The molecule has 120 valence electrons. The van der Waals surface area contributed by atoms with E-state index >= 15 is 0 Å². The summed E-state index contributed by atoms with van der Waals surface area (Å²) < 4.78 is 0. The van der Waals surface area contributed by atoms with Crippen LogP contribution in [-0.2, 0) is 5.66 Å². The minimum Gasteiger partial charge on any atom is -0.247 e. The van der Waals surface area contributed by atoms with Crippen LogP contribution in [0.25, 0.3) is 0 Å². The van der Waals surface area contributed by atoms with E-state index in [4.69, 9.17) is 0 Å². The average Bonchev–Trinajstić information content (AvgIpc) is 3.27. The van der Waals surface area contributed by atoms with Crippen molar-refractivity contribution in [1.82, 2.24) is 4.98 Å². The fourth-order valence-corrected chi connectivity index (χ4v) is 2.99. The molecule has 1 aromatic heterocycles. The zero-order valence-corrected chi connectivity index (χ0v) is 14.3. The van der Waals surface area contributed by atoms with Gasteiger partial charge in [-0.3, -0.25) is 0 Å². The Labute approximate surface area is 144 Å². The van der Waals surface area contributed by atoms with Gasteiger partial charge in [0, 0.05) is 22.2 Å². The molecular weight excluding hydrogens is 318 g/mol. The Balaban J connectivity index is 0.000000203. The highest BCUT2D eigenvalue weighted by Crippen LogP contribution is 2.38. The van der Waals surface area contributed by atoms with Crippen LogP contribution in [0.4, 0.5) is 0 Å². The molecule has 0 unspecified atom stereocenters. The molecule has 1 aliphatic heterocycles. The van der Waals surface area contributed by atoms with Gasteiger partial charge in [0.1, 0.15) is 0 Å². The number of hydrogen-bond acceptors (Lipinski definition) is 6. The molecule has 0 fully saturated rings. The Kier molecular flexibility index (Phi) is 4.86. The zero-order valence-electron chi connectivity index (χ0n) is 13.5. The van der Waals surface area contributed by atoms with Gasteiger partial charge in [0.05, 0.1) is 5.01 Å². The monoisotopic (exact) mass is 335 g/mol. The van der Waals surface area contributed by atoms with Crippen LogP contribution in [0.5, 0.6) is 0 Å². The molecule has 2 aromatic carbocycles. The third-order valence-corrected chi connectivity index (χ3v) is 4.40. The zero-order chi connectivity index (χ0) is 16.8.